The Labute approximate surface area is 73.9 Å². The summed E-state index contributed by atoms with van der Waals surface area (Å²) in [5, 5.41) is 0. The van der Waals surface area contributed by atoms with Crippen LogP contribution in [0.5, 0.6) is 0 Å². The molecule has 0 heterocycles. The fraction of sp³-hybridized carbons (Fsp3) is 0.0833. The highest BCUT2D eigenvalue weighted by molar-refractivity contribution is 5.42. The number of benzene rings is 1. The van der Waals surface area contributed by atoms with E-state index in [-0.39, 0.29) is 0 Å². The molecule has 1 aromatic rings. The molecule has 0 atom stereocenters. The lowest BCUT2D eigenvalue weighted by atomic mass is 10.00. The molecule has 0 aliphatic rings. The van der Waals surface area contributed by atoms with Crippen molar-refractivity contribution in [2.75, 3.05) is 0 Å². The first-order valence-electron chi connectivity index (χ1n) is 3.81. The zero-order valence-electron chi connectivity index (χ0n) is 7.17. The highest BCUT2D eigenvalue weighted by atomic mass is 14.0. The fourth-order valence-electron chi connectivity index (χ4n) is 0.972. The Balaban J connectivity index is 3.03. The first-order valence-corrected chi connectivity index (χ1v) is 3.81. The first kappa shape index (κ1) is 8.62. The van der Waals surface area contributed by atoms with Crippen molar-refractivity contribution in [1.82, 2.24) is 0 Å². The summed E-state index contributed by atoms with van der Waals surface area (Å²) in [6.07, 6.45) is 7.10. The molecule has 0 nitrogen and oxygen atoms in total. The Morgan fingerprint density at radius 3 is 2.92 bits per heavy atom. The minimum Gasteiger partial charge on any atom is -0.115 e. The van der Waals surface area contributed by atoms with E-state index in [1.807, 2.05) is 37.3 Å². The van der Waals surface area contributed by atoms with Crippen LogP contribution in [0.3, 0.4) is 0 Å². The highest BCUT2D eigenvalue weighted by Crippen LogP contribution is 2.15. The quantitative estimate of drug-likeness (QED) is 0.576. The monoisotopic (exact) mass is 155 g/mol. The number of terminal acetylenes is 1. The largest absolute Gasteiger partial charge is 0.115 e. The van der Waals surface area contributed by atoms with E-state index in [9.17, 15) is 0 Å². The van der Waals surface area contributed by atoms with Crippen LogP contribution in [0.4, 0.5) is 0 Å². The Kier molecular flexibility index (Phi) is 2.71. The van der Waals surface area contributed by atoms with Gasteiger partial charge in [-0.15, -0.1) is 13.0 Å². The molecular formula is C12H11. The molecule has 0 heteroatoms. The van der Waals surface area contributed by atoms with Crippen molar-refractivity contribution < 1.29 is 0 Å². The minimum absolute atomic E-state index is 0.911. The van der Waals surface area contributed by atoms with Crippen LogP contribution < -0.4 is 0 Å². The molecule has 0 N–H and O–H groups in total. The van der Waals surface area contributed by atoms with Gasteiger partial charge in [-0.1, -0.05) is 31.1 Å². The molecule has 0 spiro atoms. The lowest BCUT2D eigenvalue weighted by Gasteiger charge is -2.04. The number of rotatable bonds is 2. The van der Waals surface area contributed by atoms with E-state index in [2.05, 4.69) is 12.5 Å². The summed E-state index contributed by atoms with van der Waals surface area (Å²) in [6.45, 7) is 5.72. The van der Waals surface area contributed by atoms with Crippen molar-refractivity contribution in [3.8, 4) is 12.3 Å². The van der Waals surface area contributed by atoms with Crippen molar-refractivity contribution in [3.05, 3.63) is 54.0 Å². The average molecular weight is 155 g/mol. The third kappa shape index (κ3) is 1.77. The fourth-order valence-corrected chi connectivity index (χ4v) is 0.972. The zero-order valence-corrected chi connectivity index (χ0v) is 7.17. The molecule has 1 radical (unpaired) electrons. The van der Waals surface area contributed by atoms with Gasteiger partial charge >= 0.3 is 0 Å². The molecular weight excluding hydrogens is 144 g/mol. The molecule has 0 amide bonds. The second kappa shape index (κ2) is 3.78. The third-order valence-electron chi connectivity index (χ3n) is 1.79. The van der Waals surface area contributed by atoms with E-state index < -0.39 is 0 Å². The summed E-state index contributed by atoms with van der Waals surface area (Å²) in [6, 6.07) is 7.88. The van der Waals surface area contributed by atoms with E-state index in [4.69, 9.17) is 6.42 Å². The van der Waals surface area contributed by atoms with Gasteiger partial charge < -0.3 is 0 Å². The maximum Gasteiger partial charge on any atom is 0.0245 e. The van der Waals surface area contributed by atoms with Crippen LogP contribution >= 0.6 is 0 Å². The van der Waals surface area contributed by atoms with Gasteiger partial charge in [-0.05, 0) is 17.7 Å². The van der Waals surface area contributed by atoms with Crippen LogP contribution in [0.15, 0.2) is 36.9 Å². The van der Waals surface area contributed by atoms with Crippen LogP contribution in [0, 0.1) is 18.3 Å². The summed E-state index contributed by atoms with van der Waals surface area (Å²) in [5.41, 5.74) is 2.05. The van der Waals surface area contributed by atoms with Crippen molar-refractivity contribution in [1.29, 1.82) is 0 Å². The molecule has 0 aliphatic heterocycles. The van der Waals surface area contributed by atoms with Crippen LogP contribution in [-0.2, 0) is 0 Å². The first-order chi connectivity index (χ1) is 5.77. The SMILES string of the molecule is C#Cc1cccc([C](C)C=C)c1. The van der Waals surface area contributed by atoms with E-state index in [1.165, 1.54) is 0 Å². The molecule has 59 valence electrons. The molecule has 1 aromatic carbocycles. The smallest absolute Gasteiger partial charge is 0.0245 e. The molecule has 0 aromatic heterocycles. The molecule has 0 fully saturated rings. The highest BCUT2D eigenvalue weighted by Gasteiger charge is 2.00. The standard InChI is InChI=1S/C12H11/c1-4-10(3)12-8-6-7-11(5-2)9-12/h2,4,6-9H,1H2,3H3. The number of allylic oxidation sites excluding steroid dienone is 1. The Hall–Kier alpha value is -1.48. The zero-order chi connectivity index (χ0) is 8.97. The molecule has 0 bridgehead atoms. The molecule has 0 unspecified atom stereocenters. The van der Waals surface area contributed by atoms with Crippen molar-refractivity contribution in [2.45, 2.75) is 6.92 Å². The predicted octanol–water partition coefficient (Wildman–Crippen LogP) is 2.80. The summed E-state index contributed by atoms with van der Waals surface area (Å²) >= 11 is 0. The predicted molar refractivity (Wildman–Crippen MR) is 52.6 cm³/mol. The van der Waals surface area contributed by atoms with Crippen LogP contribution in [0.2, 0.25) is 0 Å². The number of hydrogen-bond donors (Lipinski definition) is 0. The summed E-state index contributed by atoms with van der Waals surface area (Å²) in [7, 11) is 0. The van der Waals surface area contributed by atoms with E-state index in [1.54, 1.807) is 0 Å². The van der Waals surface area contributed by atoms with E-state index in [0.717, 1.165) is 17.0 Å². The van der Waals surface area contributed by atoms with Crippen molar-refractivity contribution in [2.24, 2.45) is 0 Å². The van der Waals surface area contributed by atoms with Crippen LogP contribution in [0.1, 0.15) is 18.1 Å². The van der Waals surface area contributed by atoms with E-state index >= 15 is 0 Å². The second-order valence-corrected chi connectivity index (χ2v) is 2.61. The van der Waals surface area contributed by atoms with Gasteiger partial charge in [0.15, 0.2) is 0 Å². The third-order valence-corrected chi connectivity index (χ3v) is 1.79. The Bertz CT molecular complexity index is 315. The molecule has 0 saturated carbocycles. The van der Waals surface area contributed by atoms with E-state index in [0.29, 0.717) is 0 Å². The Morgan fingerprint density at radius 2 is 2.33 bits per heavy atom. The van der Waals surface area contributed by atoms with Gasteiger partial charge in [0.05, 0.1) is 0 Å². The molecule has 12 heavy (non-hydrogen) atoms. The molecule has 0 saturated heterocycles. The maximum atomic E-state index is 5.28. The van der Waals surface area contributed by atoms with Crippen LogP contribution in [0.25, 0.3) is 0 Å². The molecule has 1 rings (SSSR count). The average Bonchev–Trinajstić information content (AvgIpc) is 2.17. The van der Waals surface area contributed by atoms with Gasteiger partial charge in [-0.25, -0.2) is 0 Å². The normalized spacial score (nSPS) is 9.42. The van der Waals surface area contributed by atoms with Crippen molar-refractivity contribution in [3.63, 3.8) is 0 Å². The van der Waals surface area contributed by atoms with Gasteiger partial charge in [-0.3, -0.25) is 0 Å². The topological polar surface area (TPSA) is 0 Å². The maximum absolute atomic E-state index is 5.28. The summed E-state index contributed by atoms with van der Waals surface area (Å²) in [4.78, 5) is 0. The summed E-state index contributed by atoms with van der Waals surface area (Å²) < 4.78 is 0. The second-order valence-electron chi connectivity index (χ2n) is 2.61. The van der Waals surface area contributed by atoms with Gasteiger partial charge in [0.1, 0.15) is 0 Å². The lowest BCUT2D eigenvalue weighted by Crippen LogP contribution is -1.89. The van der Waals surface area contributed by atoms with Gasteiger partial charge in [0.2, 0.25) is 0 Å². The Morgan fingerprint density at radius 1 is 1.58 bits per heavy atom. The van der Waals surface area contributed by atoms with Crippen molar-refractivity contribution >= 4 is 0 Å². The number of hydrogen-bond acceptors (Lipinski definition) is 0. The van der Waals surface area contributed by atoms with Gasteiger partial charge in [-0.2, -0.15) is 0 Å². The minimum atomic E-state index is 0.911. The lowest BCUT2D eigenvalue weighted by molar-refractivity contribution is 1.25. The molecule has 0 aliphatic carbocycles. The van der Waals surface area contributed by atoms with Gasteiger partial charge in [0, 0.05) is 11.5 Å². The van der Waals surface area contributed by atoms with Crippen LogP contribution in [-0.4, -0.2) is 0 Å². The summed E-state index contributed by atoms with van der Waals surface area (Å²) in [5.74, 6) is 3.74. The van der Waals surface area contributed by atoms with Gasteiger partial charge in [0.25, 0.3) is 0 Å².